The zero-order valence-corrected chi connectivity index (χ0v) is 21.5. The van der Waals surface area contributed by atoms with Crippen molar-refractivity contribution in [2.45, 2.75) is 82.0 Å². The monoisotopic (exact) mass is 497 g/mol. The molecule has 6 nitrogen and oxygen atoms in total. The van der Waals surface area contributed by atoms with Gasteiger partial charge in [0.25, 0.3) is 5.92 Å². The number of pyridine rings is 1. The number of fused-ring (bicyclic) bond motifs is 1. The number of aromatic nitrogens is 1. The summed E-state index contributed by atoms with van der Waals surface area (Å²) in [7, 11) is 3.80. The minimum Gasteiger partial charge on any atom is -0.384 e. The molecule has 0 atom stereocenters. The third-order valence-corrected chi connectivity index (χ3v) is 8.16. The van der Waals surface area contributed by atoms with E-state index in [1.54, 1.807) is 7.11 Å². The van der Waals surface area contributed by atoms with Crippen LogP contribution in [0.3, 0.4) is 0 Å². The number of rotatable bonds is 5. The number of methoxy groups -OCH3 is 1. The Hall–Kier alpha value is -2.48. The molecule has 1 saturated carbocycles. The van der Waals surface area contributed by atoms with Gasteiger partial charge in [-0.25, -0.2) is 8.78 Å². The van der Waals surface area contributed by atoms with Gasteiger partial charge in [-0.3, -0.25) is 4.98 Å². The highest BCUT2D eigenvalue weighted by Crippen LogP contribution is 2.47. The standard InChI is InChI=1S/C28H37F2N5O/c1-35-17-9-3-4-11-23(35)24-20-18-28(29,30)15-12-21(20)32-26(27(19-36-2)13-6-7-14-27)25(24)22-10-5-8-16-31-34-33-22/h3-4,11H,5-10,12-19H2,1-2H3/b33-22-,34-31?. The van der Waals surface area contributed by atoms with E-state index in [1.165, 1.54) is 0 Å². The van der Waals surface area contributed by atoms with E-state index in [2.05, 4.69) is 45.6 Å². The molecule has 0 amide bonds. The lowest BCUT2D eigenvalue weighted by molar-refractivity contribution is -0.0130. The van der Waals surface area contributed by atoms with E-state index in [-0.39, 0.29) is 24.7 Å². The Balaban J connectivity index is 1.85. The van der Waals surface area contributed by atoms with Crippen LogP contribution in [0.2, 0.25) is 0 Å². The number of ether oxygens (including phenoxy) is 1. The fourth-order valence-electron chi connectivity index (χ4n) is 6.32. The molecular formula is C28H37F2N5O. The van der Waals surface area contributed by atoms with Crippen LogP contribution in [0.1, 0.15) is 85.9 Å². The molecule has 0 bridgehead atoms. The number of alkyl halides is 2. The first-order valence-corrected chi connectivity index (χ1v) is 13.4. The lowest BCUT2D eigenvalue weighted by atomic mass is 9.75. The van der Waals surface area contributed by atoms with Gasteiger partial charge in [0.1, 0.15) is 0 Å². The Morgan fingerprint density at radius 1 is 1.06 bits per heavy atom. The summed E-state index contributed by atoms with van der Waals surface area (Å²) >= 11 is 0. The first kappa shape index (κ1) is 25.2. The van der Waals surface area contributed by atoms with E-state index in [4.69, 9.17) is 9.72 Å². The summed E-state index contributed by atoms with van der Waals surface area (Å²) in [6.45, 7) is 2.04. The number of nitrogens with zero attached hydrogens (tertiary/aromatic N) is 5. The van der Waals surface area contributed by atoms with Gasteiger partial charge in [0.05, 0.1) is 24.6 Å². The summed E-state index contributed by atoms with van der Waals surface area (Å²) < 4.78 is 35.7. The first-order chi connectivity index (χ1) is 17.4. The van der Waals surface area contributed by atoms with Crippen molar-refractivity contribution < 1.29 is 13.5 Å². The van der Waals surface area contributed by atoms with E-state index in [9.17, 15) is 8.78 Å². The average Bonchev–Trinajstić information content (AvgIpc) is 3.20. The summed E-state index contributed by atoms with van der Waals surface area (Å²) in [6, 6.07) is 0. The zero-order chi connectivity index (χ0) is 25.2. The highest BCUT2D eigenvalue weighted by molar-refractivity contribution is 6.06. The fourth-order valence-corrected chi connectivity index (χ4v) is 6.32. The Morgan fingerprint density at radius 3 is 2.69 bits per heavy atom. The molecule has 1 aromatic rings. The minimum absolute atomic E-state index is 0.160. The van der Waals surface area contributed by atoms with Crippen LogP contribution in [0.15, 0.2) is 33.7 Å². The van der Waals surface area contributed by atoms with E-state index in [0.29, 0.717) is 18.7 Å². The average molecular weight is 498 g/mol. The summed E-state index contributed by atoms with van der Waals surface area (Å²) in [6.07, 6.45) is 13.7. The second-order valence-corrected chi connectivity index (χ2v) is 10.7. The summed E-state index contributed by atoms with van der Waals surface area (Å²) in [4.78, 5) is 7.45. The highest BCUT2D eigenvalue weighted by Gasteiger charge is 2.44. The molecule has 2 aliphatic carbocycles. The van der Waals surface area contributed by atoms with E-state index in [0.717, 1.165) is 91.8 Å². The molecule has 0 aromatic carbocycles. The Kier molecular flexibility index (Phi) is 7.33. The van der Waals surface area contributed by atoms with Crippen molar-refractivity contribution in [1.29, 1.82) is 0 Å². The normalized spacial score (nSPS) is 24.8. The third-order valence-electron chi connectivity index (χ3n) is 8.16. The van der Waals surface area contributed by atoms with Crippen molar-refractivity contribution in [3.63, 3.8) is 0 Å². The molecular weight excluding hydrogens is 460 g/mol. The molecule has 5 rings (SSSR count). The number of halogens is 2. The maximum absolute atomic E-state index is 14.9. The van der Waals surface area contributed by atoms with Crippen LogP contribution in [0.5, 0.6) is 0 Å². The van der Waals surface area contributed by atoms with Crippen LogP contribution in [0, 0.1) is 0 Å². The first-order valence-electron chi connectivity index (χ1n) is 13.4. The maximum atomic E-state index is 14.9. The number of allylic oxidation sites excluding steroid dienone is 2. The molecule has 0 saturated heterocycles. The largest absolute Gasteiger partial charge is 0.384 e. The second kappa shape index (κ2) is 10.5. The molecule has 4 aliphatic rings. The van der Waals surface area contributed by atoms with Crippen LogP contribution in [0.4, 0.5) is 8.78 Å². The molecule has 0 radical (unpaired) electrons. The zero-order valence-electron chi connectivity index (χ0n) is 21.5. The lowest BCUT2D eigenvalue weighted by Gasteiger charge is -2.36. The topological polar surface area (TPSA) is 62.4 Å². The third kappa shape index (κ3) is 4.89. The molecule has 2 aliphatic heterocycles. The van der Waals surface area contributed by atoms with Crippen LogP contribution < -0.4 is 0 Å². The predicted molar refractivity (Wildman–Crippen MR) is 138 cm³/mol. The van der Waals surface area contributed by atoms with Crippen LogP contribution in [-0.4, -0.2) is 55.4 Å². The summed E-state index contributed by atoms with van der Waals surface area (Å²) in [5.74, 6) is -2.75. The van der Waals surface area contributed by atoms with E-state index < -0.39 is 5.92 Å². The molecule has 8 heteroatoms. The lowest BCUT2D eigenvalue weighted by Crippen LogP contribution is -2.36. The summed E-state index contributed by atoms with van der Waals surface area (Å²) in [5.41, 5.74) is 5.76. The Morgan fingerprint density at radius 2 is 1.89 bits per heavy atom. The highest BCUT2D eigenvalue weighted by atomic mass is 19.3. The molecule has 0 spiro atoms. The molecule has 0 unspecified atom stereocenters. The maximum Gasteiger partial charge on any atom is 0.252 e. The molecule has 1 fully saturated rings. The molecule has 0 N–H and O–H groups in total. The molecule has 1 aromatic heterocycles. The van der Waals surface area contributed by atoms with E-state index >= 15 is 0 Å². The number of hydrogen-bond donors (Lipinski definition) is 0. The van der Waals surface area contributed by atoms with E-state index in [1.807, 2.05) is 0 Å². The molecule has 3 heterocycles. The van der Waals surface area contributed by atoms with Gasteiger partial charge in [0, 0.05) is 61.5 Å². The van der Waals surface area contributed by atoms with Crippen molar-refractivity contribution in [2.75, 3.05) is 33.9 Å². The summed E-state index contributed by atoms with van der Waals surface area (Å²) in [5, 5.41) is 13.0. The van der Waals surface area contributed by atoms with Crippen molar-refractivity contribution >= 4 is 11.4 Å². The number of hydrogen-bond acceptors (Lipinski definition) is 6. The van der Waals surface area contributed by atoms with Gasteiger partial charge in [-0.15, -0.1) is 5.10 Å². The minimum atomic E-state index is -2.75. The SMILES string of the molecule is COCC1(c2nc3c(c(C4=CC=CCCN4C)c2/C2=N\N=NCCCC2)CC(F)(F)CC3)CCCC1. The smallest absolute Gasteiger partial charge is 0.252 e. The van der Waals surface area contributed by atoms with Crippen molar-refractivity contribution in [2.24, 2.45) is 15.4 Å². The quantitative estimate of drug-likeness (QED) is 0.484. The molecule has 36 heavy (non-hydrogen) atoms. The van der Waals surface area contributed by atoms with Crippen molar-refractivity contribution in [3.05, 3.63) is 46.3 Å². The van der Waals surface area contributed by atoms with Crippen molar-refractivity contribution in [3.8, 4) is 0 Å². The van der Waals surface area contributed by atoms with Gasteiger partial charge < -0.3 is 9.64 Å². The second-order valence-electron chi connectivity index (χ2n) is 10.7. The van der Waals surface area contributed by atoms with Crippen LogP contribution >= 0.6 is 0 Å². The van der Waals surface area contributed by atoms with Gasteiger partial charge in [0.15, 0.2) is 0 Å². The van der Waals surface area contributed by atoms with Gasteiger partial charge in [-0.1, -0.05) is 25.0 Å². The fraction of sp³-hybridized carbons (Fsp3) is 0.643. The number of aryl methyl sites for hydroxylation is 1. The molecule has 194 valence electrons. The van der Waals surface area contributed by atoms with Gasteiger partial charge in [-0.2, -0.15) is 5.11 Å². The van der Waals surface area contributed by atoms with Gasteiger partial charge in [0.2, 0.25) is 0 Å². The predicted octanol–water partition coefficient (Wildman–Crippen LogP) is 6.24. The van der Waals surface area contributed by atoms with Gasteiger partial charge >= 0.3 is 0 Å². The van der Waals surface area contributed by atoms with Crippen molar-refractivity contribution in [1.82, 2.24) is 9.88 Å². The van der Waals surface area contributed by atoms with Crippen LogP contribution in [0.25, 0.3) is 5.70 Å². The van der Waals surface area contributed by atoms with Gasteiger partial charge in [-0.05, 0) is 61.8 Å². The Bertz CT molecular complexity index is 1100. The van der Waals surface area contributed by atoms with Crippen LogP contribution in [-0.2, 0) is 23.0 Å². The Labute approximate surface area is 212 Å².